The van der Waals surface area contributed by atoms with Gasteiger partial charge in [-0.2, -0.15) is 0 Å². The summed E-state index contributed by atoms with van der Waals surface area (Å²) in [6.45, 7) is 2.39. The molecule has 0 atom stereocenters. The molecule has 2 aromatic carbocycles. The van der Waals surface area contributed by atoms with Crippen LogP contribution in [0.15, 0.2) is 54.2 Å². The summed E-state index contributed by atoms with van der Waals surface area (Å²) in [5.74, 6) is -1.03. The van der Waals surface area contributed by atoms with Crippen molar-refractivity contribution in [2.24, 2.45) is 5.41 Å². The molecule has 0 radical (unpaired) electrons. The molecule has 0 aliphatic heterocycles. The zero-order chi connectivity index (χ0) is 24.8. The van der Waals surface area contributed by atoms with Gasteiger partial charge < -0.3 is 25.2 Å². The van der Waals surface area contributed by atoms with Crippen LogP contribution in [0.25, 0.3) is 6.08 Å². The number of aliphatic hydroxyl groups excluding tert-OH is 1. The lowest BCUT2D eigenvalue weighted by atomic mass is 10.1. The van der Waals surface area contributed by atoms with E-state index in [4.69, 9.17) is 9.84 Å². The topological polar surface area (TPSA) is 96.9 Å². The maximum atomic E-state index is 12.7. The maximum absolute atomic E-state index is 12.7. The number of rotatable bonds is 10. The third-order valence-corrected chi connectivity index (χ3v) is 5.12. The van der Waals surface area contributed by atoms with Gasteiger partial charge in [0, 0.05) is 17.5 Å². The Labute approximate surface area is 194 Å². The molecule has 0 heterocycles. The van der Waals surface area contributed by atoms with Crippen molar-refractivity contribution in [3.8, 4) is 11.5 Å². The van der Waals surface area contributed by atoms with Gasteiger partial charge in [-0.25, -0.2) is 0 Å². The summed E-state index contributed by atoms with van der Waals surface area (Å²) < 4.78 is 46.6. The van der Waals surface area contributed by atoms with Crippen LogP contribution in [0.2, 0.25) is 0 Å². The smallest absolute Gasteiger partial charge is 0.493 e. The maximum Gasteiger partial charge on any atom is 0.573 e. The lowest BCUT2D eigenvalue weighted by Crippen LogP contribution is -2.36. The van der Waals surface area contributed by atoms with Crippen molar-refractivity contribution in [2.45, 2.75) is 26.1 Å². The molecule has 3 N–H and O–H groups in total. The van der Waals surface area contributed by atoms with E-state index in [1.54, 1.807) is 24.3 Å². The minimum Gasteiger partial charge on any atom is -0.493 e. The fraction of sp³-hybridized carbons (Fsp3) is 0.333. The Morgan fingerprint density at radius 2 is 1.68 bits per heavy atom. The average Bonchev–Trinajstić information content (AvgIpc) is 3.53. The molecule has 10 heteroatoms. The van der Waals surface area contributed by atoms with Crippen molar-refractivity contribution in [2.75, 3.05) is 19.8 Å². The van der Waals surface area contributed by atoms with Crippen LogP contribution in [0, 0.1) is 5.41 Å². The zero-order valence-corrected chi connectivity index (χ0v) is 18.4. The number of nitrogens with one attached hydrogen (secondary N) is 2. The van der Waals surface area contributed by atoms with Crippen molar-refractivity contribution < 1.29 is 37.3 Å². The number of hydrogen-bond acceptors (Lipinski definition) is 5. The van der Waals surface area contributed by atoms with Gasteiger partial charge in [0.1, 0.15) is 17.2 Å². The number of carbonyl (C=O) groups excluding carboxylic acids is 2. The van der Waals surface area contributed by atoms with Gasteiger partial charge in [-0.1, -0.05) is 19.1 Å². The lowest BCUT2D eigenvalue weighted by Gasteiger charge is -2.13. The van der Waals surface area contributed by atoms with E-state index in [2.05, 4.69) is 22.3 Å². The molecule has 0 bridgehead atoms. The van der Waals surface area contributed by atoms with E-state index >= 15 is 0 Å². The third kappa shape index (κ3) is 7.80. The second-order valence-electron chi connectivity index (χ2n) is 8.23. The Kier molecular flexibility index (Phi) is 7.83. The molecule has 1 fully saturated rings. The summed E-state index contributed by atoms with van der Waals surface area (Å²) in [6.07, 6.45) is -1.27. The van der Waals surface area contributed by atoms with E-state index in [1.807, 2.05) is 0 Å². The number of alkyl halides is 3. The first-order valence-electron chi connectivity index (χ1n) is 10.6. The minimum absolute atomic E-state index is 0.0463. The first-order chi connectivity index (χ1) is 16.1. The van der Waals surface area contributed by atoms with E-state index in [0.717, 1.165) is 25.0 Å². The summed E-state index contributed by atoms with van der Waals surface area (Å²) in [4.78, 5) is 25.2. The molecule has 2 amide bonds. The fourth-order valence-corrected chi connectivity index (χ4v) is 2.87. The number of aliphatic hydroxyl groups is 1. The Balaban J connectivity index is 1.71. The SMILES string of the molecule is CC1(COc2ccc(C(=O)N/C(=C\c3ccc(OC(F)(F)F)cc3)C(=O)NCCO)cc2)CC1. The van der Waals surface area contributed by atoms with Gasteiger partial charge >= 0.3 is 6.36 Å². The predicted molar refractivity (Wildman–Crippen MR) is 118 cm³/mol. The number of hydrogen-bond donors (Lipinski definition) is 3. The zero-order valence-electron chi connectivity index (χ0n) is 18.4. The van der Waals surface area contributed by atoms with Gasteiger partial charge in [0.05, 0.1) is 13.2 Å². The van der Waals surface area contributed by atoms with Crippen molar-refractivity contribution in [1.82, 2.24) is 10.6 Å². The van der Waals surface area contributed by atoms with E-state index in [-0.39, 0.29) is 29.8 Å². The van der Waals surface area contributed by atoms with Gasteiger partial charge in [0.15, 0.2) is 0 Å². The van der Waals surface area contributed by atoms with Crippen LogP contribution in [0.3, 0.4) is 0 Å². The van der Waals surface area contributed by atoms with Crippen LogP contribution in [0.1, 0.15) is 35.7 Å². The molecule has 1 aliphatic rings. The first kappa shape index (κ1) is 25.1. The highest BCUT2D eigenvalue weighted by molar-refractivity contribution is 6.05. The number of benzene rings is 2. The molecule has 3 rings (SSSR count). The predicted octanol–water partition coefficient (Wildman–Crippen LogP) is 3.64. The Morgan fingerprint density at radius 3 is 2.24 bits per heavy atom. The van der Waals surface area contributed by atoms with Gasteiger partial charge in [-0.3, -0.25) is 9.59 Å². The van der Waals surface area contributed by atoms with E-state index in [9.17, 15) is 22.8 Å². The highest BCUT2D eigenvalue weighted by Crippen LogP contribution is 2.45. The van der Waals surface area contributed by atoms with Crippen molar-refractivity contribution in [3.05, 3.63) is 65.4 Å². The molecule has 0 unspecified atom stereocenters. The number of ether oxygens (including phenoxy) is 2. The second kappa shape index (κ2) is 10.6. The molecular weight excluding hydrogens is 453 g/mol. The molecule has 0 aromatic heterocycles. The normalized spacial score (nSPS) is 14.8. The van der Waals surface area contributed by atoms with Crippen LogP contribution < -0.4 is 20.1 Å². The minimum atomic E-state index is -4.82. The molecule has 0 spiro atoms. The van der Waals surface area contributed by atoms with Crippen LogP contribution in [0.5, 0.6) is 11.5 Å². The van der Waals surface area contributed by atoms with Gasteiger partial charge in [0.2, 0.25) is 0 Å². The monoisotopic (exact) mass is 478 g/mol. The average molecular weight is 478 g/mol. The van der Waals surface area contributed by atoms with Gasteiger partial charge in [-0.15, -0.1) is 13.2 Å². The summed E-state index contributed by atoms with van der Waals surface area (Å²) in [5.41, 5.74) is 0.695. The van der Waals surface area contributed by atoms with Gasteiger partial charge in [0.25, 0.3) is 11.8 Å². The number of halogens is 3. The summed E-state index contributed by atoms with van der Waals surface area (Å²) in [5, 5.41) is 13.9. The quantitative estimate of drug-likeness (QED) is 0.453. The van der Waals surface area contributed by atoms with Crippen LogP contribution in [-0.2, 0) is 4.79 Å². The number of amides is 2. The fourth-order valence-electron chi connectivity index (χ4n) is 2.87. The highest BCUT2D eigenvalue weighted by atomic mass is 19.4. The molecule has 1 saturated carbocycles. The van der Waals surface area contributed by atoms with Gasteiger partial charge in [-0.05, 0) is 60.9 Å². The van der Waals surface area contributed by atoms with E-state index in [0.29, 0.717) is 17.9 Å². The van der Waals surface area contributed by atoms with Crippen molar-refractivity contribution in [1.29, 1.82) is 0 Å². The standard InChI is InChI=1S/C24H25F3N2O5/c1-23(10-11-23)15-33-18-8-4-17(5-9-18)21(31)29-20(22(32)28-12-13-30)14-16-2-6-19(7-3-16)34-24(25,26)27/h2-9,14,30H,10-13,15H2,1H3,(H,28,32)(H,29,31)/b20-14-. The molecule has 34 heavy (non-hydrogen) atoms. The summed E-state index contributed by atoms with van der Waals surface area (Å²) in [7, 11) is 0. The Morgan fingerprint density at radius 1 is 1.06 bits per heavy atom. The van der Waals surface area contributed by atoms with Crippen molar-refractivity contribution >= 4 is 17.9 Å². The molecule has 0 saturated heterocycles. The third-order valence-electron chi connectivity index (χ3n) is 5.12. The van der Waals surface area contributed by atoms with Crippen LogP contribution in [0.4, 0.5) is 13.2 Å². The lowest BCUT2D eigenvalue weighted by molar-refractivity contribution is -0.274. The van der Waals surface area contributed by atoms with Crippen LogP contribution >= 0.6 is 0 Å². The second-order valence-corrected chi connectivity index (χ2v) is 8.23. The number of carbonyl (C=O) groups is 2. The summed E-state index contributed by atoms with van der Waals surface area (Å²) in [6, 6.07) is 11.2. The Hall–Kier alpha value is -3.53. The van der Waals surface area contributed by atoms with E-state index in [1.165, 1.54) is 18.2 Å². The van der Waals surface area contributed by atoms with E-state index < -0.39 is 23.9 Å². The molecule has 7 nitrogen and oxygen atoms in total. The Bertz CT molecular complexity index is 1030. The van der Waals surface area contributed by atoms with Crippen molar-refractivity contribution in [3.63, 3.8) is 0 Å². The molecular formula is C24H25F3N2O5. The molecule has 182 valence electrons. The first-order valence-corrected chi connectivity index (χ1v) is 10.6. The largest absolute Gasteiger partial charge is 0.573 e. The highest BCUT2D eigenvalue weighted by Gasteiger charge is 2.38. The summed E-state index contributed by atoms with van der Waals surface area (Å²) >= 11 is 0. The molecule has 1 aliphatic carbocycles. The molecule has 2 aromatic rings. The van der Waals surface area contributed by atoms with Crippen LogP contribution in [-0.4, -0.2) is 43.0 Å².